The monoisotopic (exact) mass is 416 g/mol. The SMILES string of the molecule is COC(=O)[C@@H]1CCC2=C(CC[C@@H](C)[C@]23C[C@@H](c2ccoc2)OC3=O)[C@]1(C)C(=O)OC. The summed E-state index contributed by atoms with van der Waals surface area (Å²) in [6, 6.07) is 1.81. The molecule has 1 aliphatic heterocycles. The Labute approximate surface area is 175 Å². The molecule has 162 valence electrons. The lowest BCUT2D eigenvalue weighted by atomic mass is 9.52. The van der Waals surface area contributed by atoms with Gasteiger partial charge >= 0.3 is 17.9 Å². The molecule has 0 amide bonds. The van der Waals surface area contributed by atoms with Crippen LogP contribution in [-0.4, -0.2) is 32.1 Å². The van der Waals surface area contributed by atoms with Crippen LogP contribution in [0, 0.1) is 22.7 Å². The summed E-state index contributed by atoms with van der Waals surface area (Å²) in [5.41, 5.74) is 0.672. The molecule has 1 aromatic heterocycles. The summed E-state index contributed by atoms with van der Waals surface area (Å²) < 4.78 is 21.2. The van der Waals surface area contributed by atoms with Crippen molar-refractivity contribution < 1.29 is 33.0 Å². The number of hydrogen-bond donors (Lipinski definition) is 0. The third kappa shape index (κ3) is 2.67. The highest BCUT2D eigenvalue weighted by molar-refractivity contribution is 5.91. The maximum absolute atomic E-state index is 13.3. The van der Waals surface area contributed by atoms with Crippen molar-refractivity contribution in [2.75, 3.05) is 14.2 Å². The second kappa shape index (κ2) is 7.29. The molecule has 0 saturated carbocycles. The molecule has 0 bridgehead atoms. The Balaban J connectivity index is 1.85. The van der Waals surface area contributed by atoms with Gasteiger partial charge in [-0.2, -0.15) is 0 Å². The summed E-state index contributed by atoms with van der Waals surface area (Å²) in [4.78, 5) is 38.9. The minimum Gasteiger partial charge on any atom is -0.472 e. The van der Waals surface area contributed by atoms with Crippen molar-refractivity contribution in [1.29, 1.82) is 0 Å². The van der Waals surface area contributed by atoms with Crippen LogP contribution in [0.15, 0.2) is 34.2 Å². The normalized spacial score (nSPS) is 35.7. The number of fused-ring (bicyclic) bond motifs is 1. The molecule has 1 fully saturated rings. The minimum absolute atomic E-state index is 0.0669. The highest BCUT2D eigenvalue weighted by Gasteiger charge is 2.62. The van der Waals surface area contributed by atoms with Crippen LogP contribution in [0.1, 0.15) is 57.6 Å². The Morgan fingerprint density at radius 2 is 1.87 bits per heavy atom. The van der Waals surface area contributed by atoms with Gasteiger partial charge in [-0.3, -0.25) is 14.4 Å². The maximum Gasteiger partial charge on any atom is 0.317 e. The number of hydrogen-bond acceptors (Lipinski definition) is 7. The number of methoxy groups -OCH3 is 2. The Hall–Kier alpha value is -2.57. The fourth-order valence-electron chi connectivity index (χ4n) is 5.98. The number of cyclic esters (lactones) is 1. The van der Waals surface area contributed by atoms with Crippen molar-refractivity contribution in [3.05, 3.63) is 35.3 Å². The summed E-state index contributed by atoms with van der Waals surface area (Å²) in [5, 5.41) is 0. The number of ether oxygens (including phenoxy) is 3. The average Bonchev–Trinajstić information content (AvgIpc) is 3.39. The van der Waals surface area contributed by atoms with E-state index in [-0.39, 0.29) is 18.0 Å². The molecule has 0 unspecified atom stereocenters. The fraction of sp³-hybridized carbons (Fsp3) is 0.609. The first-order valence-corrected chi connectivity index (χ1v) is 10.4. The fourth-order valence-corrected chi connectivity index (χ4v) is 5.98. The molecule has 2 heterocycles. The van der Waals surface area contributed by atoms with Gasteiger partial charge in [-0.15, -0.1) is 0 Å². The topological polar surface area (TPSA) is 92.0 Å². The molecule has 3 aliphatic rings. The molecule has 0 N–H and O–H groups in total. The molecule has 1 spiro atoms. The van der Waals surface area contributed by atoms with Gasteiger partial charge in [0.2, 0.25) is 0 Å². The zero-order valence-corrected chi connectivity index (χ0v) is 17.9. The van der Waals surface area contributed by atoms with Gasteiger partial charge in [0.1, 0.15) is 6.10 Å². The summed E-state index contributed by atoms with van der Waals surface area (Å²) in [6.45, 7) is 3.83. The van der Waals surface area contributed by atoms with E-state index in [0.717, 1.165) is 23.1 Å². The van der Waals surface area contributed by atoms with E-state index in [1.54, 1.807) is 19.5 Å². The van der Waals surface area contributed by atoms with Gasteiger partial charge in [0.05, 0.1) is 43.5 Å². The Kier molecular flexibility index (Phi) is 5.03. The number of esters is 3. The van der Waals surface area contributed by atoms with Crippen molar-refractivity contribution in [3.8, 4) is 0 Å². The summed E-state index contributed by atoms with van der Waals surface area (Å²) >= 11 is 0. The molecule has 0 radical (unpaired) electrons. The van der Waals surface area contributed by atoms with Crippen LogP contribution >= 0.6 is 0 Å². The maximum atomic E-state index is 13.3. The highest BCUT2D eigenvalue weighted by Crippen LogP contribution is 2.62. The van der Waals surface area contributed by atoms with Crippen LogP contribution in [0.5, 0.6) is 0 Å². The van der Waals surface area contributed by atoms with Crippen molar-refractivity contribution in [2.24, 2.45) is 22.7 Å². The van der Waals surface area contributed by atoms with Crippen molar-refractivity contribution >= 4 is 17.9 Å². The molecule has 7 heteroatoms. The molecule has 7 nitrogen and oxygen atoms in total. The molecule has 1 saturated heterocycles. The van der Waals surface area contributed by atoms with Crippen LogP contribution in [0.25, 0.3) is 0 Å². The summed E-state index contributed by atoms with van der Waals surface area (Å²) in [6.07, 6.45) is 5.65. The molecular weight excluding hydrogens is 388 g/mol. The zero-order chi connectivity index (χ0) is 21.7. The highest BCUT2D eigenvalue weighted by atomic mass is 16.6. The van der Waals surface area contributed by atoms with Gasteiger partial charge in [0.15, 0.2) is 0 Å². The first kappa shape index (κ1) is 20.7. The predicted octanol–water partition coefficient (Wildman–Crippen LogP) is 3.74. The van der Waals surface area contributed by atoms with E-state index in [1.165, 1.54) is 14.2 Å². The van der Waals surface area contributed by atoms with E-state index in [1.807, 2.05) is 6.07 Å². The summed E-state index contributed by atoms with van der Waals surface area (Å²) in [7, 11) is 2.66. The van der Waals surface area contributed by atoms with Gasteiger partial charge in [-0.05, 0) is 44.6 Å². The molecule has 1 aromatic rings. The lowest BCUT2D eigenvalue weighted by Gasteiger charge is -2.49. The summed E-state index contributed by atoms with van der Waals surface area (Å²) in [5.74, 6) is -1.71. The van der Waals surface area contributed by atoms with Gasteiger partial charge < -0.3 is 18.6 Å². The largest absolute Gasteiger partial charge is 0.472 e. The molecule has 2 aliphatic carbocycles. The standard InChI is InChI=1S/C23H28O7/c1-13-5-6-15-16(7-8-17(19(24)27-3)22(15,2)20(25)28-4)23(13)11-18(30-21(23)26)14-9-10-29-12-14/h9-10,12-13,17-18H,5-8,11H2,1-4H3/t13-,17+,18+,22+,23-/m1/s1. The van der Waals surface area contributed by atoms with E-state index in [0.29, 0.717) is 25.7 Å². The van der Waals surface area contributed by atoms with Crippen molar-refractivity contribution in [1.82, 2.24) is 0 Å². The van der Waals surface area contributed by atoms with E-state index in [9.17, 15) is 14.4 Å². The van der Waals surface area contributed by atoms with Crippen molar-refractivity contribution in [3.63, 3.8) is 0 Å². The second-order valence-corrected chi connectivity index (χ2v) is 8.83. The van der Waals surface area contributed by atoms with Crippen LogP contribution < -0.4 is 0 Å². The predicted molar refractivity (Wildman–Crippen MR) is 105 cm³/mol. The Morgan fingerprint density at radius 1 is 1.13 bits per heavy atom. The first-order valence-electron chi connectivity index (χ1n) is 10.4. The zero-order valence-electron chi connectivity index (χ0n) is 17.9. The van der Waals surface area contributed by atoms with E-state index in [2.05, 4.69) is 6.92 Å². The van der Waals surface area contributed by atoms with Gasteiger partial charge in [0.25, 0.3) is 0 Å². The molecule has 0 aromatic carbocycles. The third-order valence-electron chi connectivity index (χ3n) is 7.71. The van der Waals surface area contributed by atoms with Gasteiger partial charge in [-0.1, -0.05) is 18.1 Å². The second-order valence-electron chi connectivity index (χ2n) is 8.83. The lowest BCUT2D eigenvalue weighted by Crippen LogP contribution is -2.50. The average molecular weight is 416 g/mol. The lowest BCUT2D eigenvalue weighted by molar-refractivity contribution is -0.164. The van der Waals surface area contributed by atoms with Crippen LogP contribution in [0.4, 0.5) is 0 Å². The number of rotatable bonds is 3. The van der Waals surface area contributed by atoms with E-state index >= 15 is 0 Å². The van der Waals surface area contributed by atoms with Gasteiger partial charge in [0, 0.05) is 12.0 Å². The van der Waals surface area contributed by atoms with Crippen LogP contribution in [0.2, 0.25) is 0 Å². The number of furan rings is 1. The van der Waals surface area contributed by atoms with Gasteiger partial charge in [-0.25, -0.2) is 0 Å². The smallest absolute Gasteiger partial charge is 0.317 e. The van der Waals surface area contributed by atoms with E-state index in [4.69, 9.17) is 18.6 Å². The molecule has 30 heavy (non-hydrogen) atoms. The minimum atomic E-state index is -1.16. The van der Waals surface area contributed by atoms with Crippen LogP contribution in [-0.2, 0) is 28.6 Å². The number of carbonyl (C=O) groups is 3. The number of carbonyl (C=O) groups excluding carboxylic acids is 3. The molecule has 5 atom stereocenters. The molecular formula is C23H28O7. The first-order chi connectivity index (χ1) is 14.3. The Morgan fingerprint density at radius 3 is 2.50 bits per heavy atom. The quantitative estimate of drug-likeness (QED) is 0.421. The third-order valence-corrected chi connectivity index (χ3v) is 7.71. The Bertz CT molecular complexity index is 899. The van der Waals surface area contributed by atoms with E-state index < -0.39 is 28.7 Å². The molecule has 4 rings (SSSR count). The van der Waals surface area contributed by atoms with Crippen LogP contribution in [0.3, 0.4) is 0 Å². The van der Waals surface area contributed by atoms with Crippen molar-refractivity contribution in [2.45, 2.75) is 52.1 Å².